The van der Waals surface area contributed by atoms with Crippen molar-refractivity contribution in [2.75, 3.05) is 19.0 Å². The molecule has 0 saturated carbocycles. The summed E-state index contributed by atoms with van der Waals surface area (Å²) in [5, 5.41) is 14.6. The van der Waals surface area contributed by atoms with Gasteiger partial charge in [0.25, 0.3) is 5.91 Å². The zero-order valence-corrected chi connectivity index (χ0v) is 14.8. The lowest BCUT2D eigenvalue weighted by atomic mass is 10.2. The van der Waals surface area contributed by atoms with Crippen molar-refractivity contribution in [3.05, 3.63) is 59.7 Å². The van der Waals surface area contributed by atoms with Gasteiger partial charge in [0.1, 0.15) is 11.9 Å². The fourth-order valence-electron chi connectivity index (χ4n) is 2.04. The fraction of sp³-hybridized carbons (Fsp3) is 0.211. The molecule has 1 amide bonds. The van der Waals surface area contributed by atoms with Gasteiger partial charge in [0, 0.05) is 25.3 Å². The van der Waals surface area contributed by atoms with Crippen molar-refractivity contribution in [3.8, 4) is 5.75 Å². The molecule has 136 valence electrons. The number of amides is 1. The van der Waals surface area contributed by atoms with E-state index < -0.39 is 12.1 Å². The Hall–Kier alpha value is -3.35. The summed E-state index contributed by atoms with van der Waals surface area (Å²) in [6.45, 7) is 1.39. The number of carbonyl (C=O) groups excluding carboxylic acids is 2. The Bertz CT molecular complexity index is 801. The van der Waals surface area contributed by atoms with E-state index in [1.165, 1.54) is 13.1 Å². The number of carbonyl (C=O) groups is 2. The van der Waals surface area contributed by atoms with Gasteiger partial charge in [0.2, 0.25) is 0 Å². The number of hydrogen-bond donors (Lipinski definition) is 1. The van der Waals surface area contributed by atoms with Crippen molar-refractivity contribution in [1.29, 1.82) is 0 Å². The van der Waals surface area contributed by atoms with Crippen LogP contribution in [-0.2, 0) is 4.79 Å². The number of aliphatic carboxylic acids is 1. The van der Waals surface area contributed by atoms with Crippen molar-refractivity contribution >= 4 is 23.8 Å². The molecule has 1 atom stereocenters. The lowest BCUT2D eigenvalue weighted by molar-refractivity contribution is -0.312. The average molecular weight is 354 g/mol. The SMILES string of the molecule is C[C@@H](Oc1ccc(C=NNC(=O)c2cccc(N(C)C)c2)cc1)C(=O)[O-]. The summed E-state index contributed by atoms with van der Waals surface area (Å²) in [6.07, 6.45) is 0.450. The Morgan fingerprint density at radius 1 is 1.19 bits per heavy atom. The first-order valence-corrected chi connectivity index (χ1v) is 7.95. The molecule has 0 saturated heterocycles. The molecule has 7 nitrogen and oxygen atoms in total. The largest absolute Gasteiger partial charge is 0.546 e. The minimum Gasteiger partial charge on any atom is -0.546 e. The van der Waals surface area contributed by atoms with E-state index in [-0.39, 0.29) is 5.91 Å². The number of anilines is 1. The molecule has 0 aliphatic rings. The summed E-state index contributed by atoms with van der Waals surface area (Å²) in [5.41, 5.74) is 4.62. The number of nitrogens with one attached hydrogen (secondary N) is 1. The number of carboxylic acid groups (broad SMARTS) is 1. The molecule has 0 unspecified atom stereocenters. The Labute approximate surface area is 151 Å². The van der Waals surface area contributed by atoms with Crippen molar-refractivity contribution in [2.45, 2.75) is 13.0 Å². The van der Waals surface area contributed by atoms with Crippen molar-refractivity contribution < 1.29 is 19.4 Å². The fourth-order valence-corrected chi connectivity index (χ4v) is 2.04. The highest BCUT2D eigenvalue weighted by molar-refractivity contribution is 5.95. The molecule has 0 radical (unpaired) electrons. The first-order chi connectivity index (χ1) is 12.4. The van der Waals surface area contributed by atoms with Gasteiger partial charge in [-0.3, -0.25) is 4.79 Å². The molecular formula is C19H20N3O4-. The molecule has 2 aromatic rings. The highest BCUT2D eigenvalue weighted by Gasteiger charge is 2.06. The second kappa shape index (κ2) is 8.66. The predicted molar refractivity (Wildman–Crippen MR) is 97.4 cm³/mol. The van der Waals surface area contributed by atoms with Crippen molar-refractivity contribution in [2.24, 2.45) is 5.10 Å². The van der Waals surface area contributed by atoms with Gasteiger partial charge in [0.05, 0.1) is 12.2 Å². The van der Waals surface area contributed by atoms with Crippen LogP contribution in [0.25, 0.3) is 0 Å². The number of hydrogen-bond acceptors (Lipinski definition) is 6. The van der Waals surface area contributed by atoms with Gasteiger partial charge in [-0.1, -0.05) is 6.07 Å². The molecule has 7 heteroatoms. The maximum Gasteiger partial charge on any atom is 0.271 e. The summed E-state index contributed by atoms with van der Waals surface area (Å²) in [7, 11) is 3.80. The molecule has 0 aromatic heterocycles. The molecular weight excluding hydrogens is 334 g/mol. The maximum absolute atomic E-state index is 12.1. The summed E-state index contributed by atoms with van der Waals surface area (Å²) >= 11 is 0. The highest BCUT2D eigenvalue weighted by atomic mass is 16.5. The van der Waals surface area contributed by atoms with Gasteiger partial charge in [-0.15, -0.1) is 0 Å². The molecule has 0 aliphatic heterocycles. The van der Waals surface area contributed by atoms with Crippen LogP contribution in [0, 0.1) is 0 Å². The van der Waals surface area contributed by atoms with E-state index in [0.29, 0.717) is 11.3 Å². The highest BCUT2D eigenvalue weighted by Crippen LogP contribution is 2.14. The van der Waals surface area contributed by atoms with Crippen LogP contribution < -0.4 is 20.2 Å². The summed E-state index contributed by atoms with van der Waals surface area (Å²) in [5.74, 6) is -1.19. The second-order valence-electron chi connectivity index (χ2n) is 5.79. The molecule has 2 aromatic carbocycles. The standard InChI is InChI=1S/C19H21N3O4/c1-13(19(24)25)26-17-9-7-14(8-10-17)12-20-21-18(23)15-5-4-6-16(11-15)22(2)3/h4-13H,1-3H3,(H,21,23)(H,24,25)/p-1/t13-/m1/s1. The maximum atomic E-state index is 12.1. The molecule has 0 aliphatic carbocycles. The smallest absolute Gasteiger partial charge is 0.271 e. The number of hydrazone groups is 1. The molecule has 1 N–H and O–H groups in total. The van der Waals surface area contributed by atoms with Crippen LogP contribution in [0.3, 0.4) is 0 Å². The molecule has 2 rings (SSSR count). The summed E-state index contributed by atoms with van der Waals surface area (Å²) in [4.78, 5) is 24.7. The van der Waals surface area contributed by atoms with Crippen LogP contribution in [0.1, 0.15) is 22.8 Å². The van der Waals surface area contributed by atoms with Crippen LogP contribution in [0.4, 0.5) is 5.69 Å². The summed E-state index contributed by atoms with van der Waals surface area (Å²) < 4.78 is 5.18. The lowest BCUT2D eigenvalue weighted by Gasteiger charge is -2.15. The van der Waals surface area contributed by atoms with Gasteiger partial charge in [-0.2, -0.15) is 5.10 Å². The third-order valence-corrected chi connectivity index (χ3v) is 3.53. The quantitative estimate of drug-likeness (QED) is 0.592. The monoisotopic (exact) mass is 354 g/mol. The van der Waals surface area contributed by atoms with Crippen LogP contribution in [0.5, 0.6) is 5.75 Å². The summed E-state index contributed by atoms with van der Waals surface area (Å²) in [6, 6.07) is 13.8. The second-order valence-corrected chi connectivity index (χ2v) is 5.79. The van der Waals surface area contributed by atoms with Crippen LogP contribution in [0.2, 0.25) is 0 Å². The zero-order valence-electron chi connectivity index (χ0n) is 14.8. The number of carboxylic acids is 1. The van der Waals surface area contributed by atoms with Crippen LogP contribution in [0.15, 0.2) is 53.6 Å². The van der Waals surface area contributed by atoms with E-state index in [2.05, 4.69) is 10.5 Å². The minimum atomic E-state index is -1.28. The van der Waals surface area contributed by atoms with Crippen molar-refractivity contribution in [1.82, 2.24) is 5.43 Å². The molecule has 26 heavy (non-hydrogen) atoms. The number of ether oxygens (including phenoxy) is 1. The third-order valence-electron chi connectivity index (χ3n) is 3.53. The normalized spacial score (nSPS) is 11.8. The Morgan fingerprint density at radius 2 is 1.88 bits per heavy atom. The van der Waals surface area contributed by atoms with E-state index in [0.717, 1.165) is 11.3 Å². The van der Waals surface area contributed by atoms with Crippen molar-refractivity contribution in [3.63, 3.8) is 0 Å². The van der Waals surface area contributed by atoms with Gasteiger partial charge in [-0.25, -0.2) is 5.43 Å². The van der Waals surface area contributed by atoms with Crippen LogP contribution >= 0.6 is 0 Å². The number of nitrogens with zero attached hydrogens (tertiary/aromatic N) is 2. The number of rotatable bonds is 7. The van der Waals surface area contributed by atoms with Gasteiger partial charge >= 0.3 is 0 Å². The number of benzene rings is 2. The Kier molecular flexibility index (Phi) is 6.32. The van der Waals surface area contributed by atoms with E-state index in [1.807, 2.05) is 25.1 Å². The molecule has 0 bridgehead atoms. The third kappa shape index (κ3) is 5.34. The molecule has 0 spiro atoms. The van der Waals surface area contributed by atoms with Crippen LogP contribution in [-0.4, -0.2) is 38.3 Å². The van der Waals surface area contributed by atoms with E-state index in [4.69, 9.17) is 4.74 Å². The van der Waals surface area contributed by atoms with Gasteiger partial charge < -0.3 is 19.5 Å². The predicted octanol–water partition coefficient (Wildman–Crippen LogP) is 1.03. The average Bonchev–Trinajstić information content (AvgIpc) is 2.63. The van der Waals surface area contributed by atoms with E-state index >= 15 is 0 Å². The zero-order chi connectivity index (χ0) is 19.1. The van der Waals surface area contributed by atoms with E-state index in [9.17, 15) is 14.7 Å². The Morgan fingerprint density at radius 3 is 2.50 bits per heavy atom. The molecule has 0 heterocycles. The minimum absolute atomic E-state index is 0.312. The first kappa shape index (κ1) is 19.0. The Balaban J connectivity index is 1.94. The van der Waals surface area contributed by atoms with Gasteiger partial charge in [0.15, 0.2) is 0 Å². The first-order valence-electron chi connectivity index (χ1n) is 7.95. The lowest BCUT2D eigenvalue weighted by Crippen LogP contribution is -2.37. The van der Waals surface area contributed by atoms with E-state index in [1.54, 1.807) is 42.5 Å². The topological polar surface area (TPSA) is 94.1 Å². The molecule has 0 fully saturated rings. The van der Waals surface area contributed by atoms with Gasteiger partial charge in [-0.05, 0) is 55.0 Å².